The van der Waals surface area contributed by atoms with E-state index < -0.39 is 0 Å². The van der Waals surface area contributed by atoms with E-state index in [9.17, 15) is 4.79 Å². The average molecular weight is 227 g/mol. The Morgan fingerprint density at radius 1 is 1.29 bits per heavy atom. The normalized spacial score (nSPS) is 14.9. The number of allylic oxidation sites excluding steroid dienone is 3. The molecule has 0 aromatic heterocycles. The molecule has 0 aliphatic heterocycles. The molecule has 2 heteroatoms. The highest BCUT2D eigenvalue weighted by Crippen LogP contribution is 2.18. The molecule has 1 N–H and O–H groups in total. The van der Waals surface area contributed by atoms with Gasteiger partial charge >= 0.3 is 0 Å². The third kappa shape index (κ3) is 3.06. The molecule has 1 aliphatic carbocycles. The molecular formula is C15H17NO. The molecule has 1 aliphatic rings. The highest BCUT2D eigenvalue weighted by molar-refractivity contribution is 5.94. The summed E-state index contributed by atoms with van der Waals surface area (Å²) in [4.78, 5) is 12.0. The van der Waals surface area contributed by atoms with Gasteiger partial charge in [0.2, 0.25) is 5.91 Å². The molecule has 1 aromatic carbocycles. The third-order valence-electron chi connectivity index (χ3n) is 2.97. The predicted octanol–water partition coefficient (Wildman–Crippen LogP) is 2.97. The van der Waals surface area contributed by atoms with Crippen LogP contribution in [0.15, 0.2) is 53.6 Å². The van der Waals surface area contributed by atoms with Gasteiger partial charge in [-0.1, -0.05) is 42.5 Å². The minimum absolute atomic E-state index is 0.0655. The van der Waals surface area contributed by atoms with Crippen LogP contribution in [0.25, 0.3) is 0 Å². The van der Waals surface area contributed by atoms with E-state index in [0.717, 1.165) is 29.6 Å². The number of rotatable bonds is 3. The Balaban J connectivity index is 1.96. The molecule has 0 radical (unpaired) electrons. The largest absolute Gasteiger partial charge is 0.348 e. The first-order valence-electron chi connectivity index (χ1n) is 5.96. The summed E-state index contributed by atoms with van der Waals surface area (Å²) in [5.74, 6) is 0.0655. The van der Waals surface area contributed by atoms with Crippen LogP contribution >= 0.6 is 0 Å². The quantitative estimate of drug-likeness (QED) is 0.845. The molecule has 2 rings (SSSR count). The van der Waals surface area contributed by atoms with E-state index in [2.05, 4.69) is 11.4 Å². The Hall–Kier alpha value is -1.83. The van der Waals surface area contributed by atoms with Crippen molar-refractivity contribution in [2.24, 2.45) is 0 Å². The van der Waals surface area contributed by atoms with Gasteiger partial charge < -0.3 is 5.32 Å². The zero-order valence-electron chi connectivity index (χ0n) is 10.1. The van der Waals surface area contributed by atoms with Crippen molar-refractivity contribution in [2.45, 2.75) is 26.3 Å². The summed E-state index contributed by atoms with van der Waals surface area (Å²) in [7, 11) is 0. The van der Waals surface area contributed by atoms with Crippen molar-refractivity contribution in [1.29, 1.82) is 0 Å². The number of amides is 1. The summed E-state index contributed by atoms with van der Waals surface area (Å²) in [6.45, 7) is 2.59. The van der Waals surface area contributed by atoms with Crippen molar-refractivity contribution in [3.8, 4) is 0 Å². The van der Waals surface area contributed by atoms with E-state index in [1.165, 1.54) is 0 Å². The van der Waals surface area contributed by atoms with Crippen LogP contribution in [-0.2, 0) is 11.3 Å². The van der Waals surface area contributed by atoms with Gasteiger partial charge in [0, 0.05) is 12.1 Å². The molecule has 17 heavy (non-hydrogen) atoms. The first-order valence-corrected chi connectivity index (χ1v) is 5.96. The second-order valence-corrected chi connectivity index (χ2v) is 4.27. The minimum Gasteiger partial charge on any atom is -0.348 e. The smallest absolute Gasteiger partial charge is 0.247 e. The van der Waals surface area contributed by atoms with Gasteiger partial charge in [0.15, 0.2) is 0 Å². The molecule has 0 atom stereocenters. The molecule has 1 aromatic rings. The van der Waals surface area contributed by atoms with Crippen LogP contribution in [-0.4, -0.2) is 5.91 Å². The van der Waals surface area contributed by atoms with Crippen LogP contribution in [0.5, 0.6) is 0 Å². The van der Waals surface area contributed by atoms with Crippen molar-refractivity contribution in [1.82, 2.24) is 5.32 Å². The van der Waals surface area contributed by atoms with E-state index in [4.69, 9.17) is 0 Å². The Labute approximate surface area is 102 Å². The van der Waals surface area contributed by atoms with Gasteiger partial charge in [0.1, 0.15) is 0 Å². The zero-order valence-corrected chi connectivity index (χ0v) is 10.1. The predicted molar refractivity (Wildman–Crippen MR) is 69.4 cm³/mol. The van der Waals surface area contributed by atoms with Gasteiger partial charge in [-0.2, -0.15) is 0 Å². The Morgan fingerprint density at radius 2 is 2.06 bits per heavy atom. The van der Waals surface area contributed by atoms with Crippen LogP contribution in [0.3, 0.4) is 0 Å². The molecule has 2 nitrogen and oxygen atoms in total. The SMILES string of the molecule is CC1=C(C(=O)NCc2ccccc2)CCC=C1. The zero-order chi connectivity index (χ0) is 12.1. The van der Waals surface area contributed by atoms with E-state index >= 15 is 0 Å². The minimum atomic E-state index is 0.0655. The summed E-state index contributed by atoms with van der Waals surface area (Å²) >= 11 is 0. The maximum absolute atomic E-state index is 12.0. The summed E-state index contributed by atoms with van der Waals surface area (Å²) in [6, 6.07) is 9.97. The Bertz CT molecular complexity index is 457. The van der Waals surface area contributed by atoms with Crippen molar-refractivity contribution < 1.29 is 4.79 Å². The fourth-order valence-corrected chi connectivity index (χ4v) is 1.96. The molecular weight excluding hydrogens is 210 g/mol. The first-order chi connectivity index (χ1) is 8.27. The lowest BCUT2D eigenvalue weighted by Gasteiger charge is -2.13. The van der Waals surface area contributed by atoms with Crippen LogP contribution in [0.1, 0.15) is 25.3 Å². The van der Waals surface area contributed by atoms with Crippen molar-refractivity contribution in [3.63, 3.8) is 0 Å². The van der Waals surface area contributed by atoms with Crippen molar-refractivity contribution >= 4 is 5.91 Å². The van der Waals surface area contributed by atoms with Crippen LogP contribution < -0.4 is 5.32 Å². The number of hydrogen-bond acceptors (Lipinski definition) is 1. The lowest BCUT2D eigenvalue weighted by molar-refractivity contribution is -0.117. The summed E-state index contributed by atoms with van der Waals surface area (Å²) in [6.07, 6.45) is 5.96. The molecule has 88 valence electrons. The number of carbonyl (C=O) groups excluding carboxylic acids is 1. The van der Waals surface area contributed by atoms with Crippen LogP contribution in [0.4, 0.5) is 0 Å². The number of benzene rings is 1. The molecule has 0 spiro atoms. The fraction of sp³-hybridized carbons (Fsp3) is 0.267. The lowest BCUT2D eigenvalue weighted by Crippen LogP contribution is -2.25. The molecule has 0 unspecified atom stereocenters. The Kier molecular flexibility index (Phi) is 3.76. The molecule has 0 heterocycles. The second kappa shape index (κ2) is 5.48. The maximum atomic E-state index is 12.0. The van der Waals surface area contributed by atoms with Crippen molar-refractivity contribution in [3.05, 3.63) is 59.2 Å². The molecule has 0 saturated carbocycles. The van der Waals surface area contributed by atoms with Crippen molar-refractivity contribution in [2.75, 3.05) is 0 Å². The van der Waals surface area contributed by atoms with Gasteiger partial charge in [0.05, 0.1) is 0 Å². The molecule has 0 bridgehead atoms. The number of carbonyl (C=O) groups is 1. The maximum Gasteiger partial charge on any atom is 0.247 e. The van der Waals surface area contributed by atoms with Gasteiger partial charge in [-0.15, -0.1) is 0 Å². The molecule has 1 amide bonds. The van der Waals surface area contributed by atoms with Gasteiger partial charge in [0.25, 0.3) is 0 Å². The highest BCUT2D eigenvalue weighted by Gasteiger charge is 2.12. The monoisotopic (exact) mass is 227 g/mol. The van der Waals surface area contributed by atoms with Crippen LogP contribution in [0.2, 0.25) is 0 Å². The van der Waals surface area contributed by atoms with E-state index in [-0.39, 0.29) is 5.91 Å². The Morgan fingerprint density at radius 3 is 2.76 bits per heavy atom. The molecule has 0 fully saturated rings. The van der Waals surface area contributed by atoms with E-state index in [1.807, 2.05) is 43.3 Å². The fourth-order valence-electron chi connectivity index (χ4n) is 1.96. The second-order valence-electron chi connectivity index (χ2n) is 4.27. The van der Waals surface area contributed by atoms with Crippen LogP contribution in [0, 0.1) is 0 Å². The molecule has 0 saturated heterocycles. The van der Waals surface area contributed by atoms with Gasteiger partial charge in [-0.05, 0) is 30.9 Å². The number of hydrogen-bond donors (Lipinski definition) is 1. The van der Waals surface area contributed by atoms with E-state index in [0.29, 0.717) is 6.54 Å². The van der Waals surface area contributed by atoms with Gasteiger partial charge in [-0.3, -0.25) is 4.79 Å². The lowest BCUT2D eigenvalue weighted by atomic mass is 9.98. The number of nitrogens with one attached hydrogen (secondary N) is 1. The standard InChI is InChI=1S/C15H17NO/c1-12-7-5-6-10-14(12)15(17)16-11-13-8-3-2-4-9-13/h2-5,7-9H,6,10-11H2,1H3,(H,16,17). The summed E-state index contributed by atoms with van der Waals surface area (Å²) in [5.41, 5.74) is 3.13. The highest BCUT2D eigenvalue weighted by atomic mass is 16.1. The average Bonchev–Trinajstić information content (AvgIpc) is 2.38. The summed E-state index contributed by atoms with van der Waals surface area (Å²) < 4.78 is 0. The first kappa shape index (κ1) is 11.6. The topological polar surface area (TPSA) is 29.1 Å². The van der Waals surface area contributed by atoms with Gasteiger partial charge in [-0.25, -0.2) is 0 Å². The summed E-state index contributed by atoms with van der Waals surface area (Å²) in [5, 5.41) is 2.97. The van der Waals surface area contributed by atoms with E-state index in [1.54, 1.807) is 0 Å². The third-order valence-corrected chi connectivity index (χ3v) is 2.97.